The molecule has 1 amide bonds. The summed E-state index contributed by atoms with van der Waals surface area (Å²) in [5.74, 6) is -1.50. The maximum atomic E-state index is 13.3. The summed E-state index contributed by atoms with van der Waals surface area (Å²) in [6.45, 7) is 2.36. The van der Waals surface area contributed by atoms with E-state index in [0.717, 1.165) is 0 Å². The summed E-state index contributed by atoms with van der Waals surface area (Å²) in [5.41, 5.74) is -0.712. The molecule has 6 nitrogen and oxygen atoms in total. The van der Waals surface area contributed by atoms with Crippen molar-refractivity contribution in [1.29, 1.82) is 0 Å². The van der Waals surface area contributed by atoms with Crippen LogP contribution in [0.2, 0.25) is 0 Å². The summed E-state index contributed by atoms with van der Waals surface area (Å²) < 4.78 is 45.3. The summed E-state index contributed by atoms with van der Waals surface area (Å²) in [5, 5.41) is 6.01. The van der Waals surface area contributed by atoms with Gasteiger partial charge in [0.15, 0.2) is 6.35 Å². The maximum Gasteiger partial charge on any atom is 0.391 e. The van der Waals surface area contributed by atoms with Gasteiger partial charge in [-0.1, -0.05) is 6.42 Å². The number of carbonyl (C=O) groups excluding carboxylic acids is 1. The fourth-order valence-electron chi connectivity index (χ4n) is 3.97. The van der Waals surface area contributed by atoms with Crippen LogP contribution in [0.15, 0.2) is 0 Å². The van der Waals surface area contributed by atoms with Crippen LogP contribution >= 0.6 is 0 Å². The molecule has 0 aromatic heterocycles. The first kappa shape index (κ1) is 20.4. The second-order valence-corrected chi connectivity index (χ2v) is 7.56. The van der Waals surface area contributed by atoms with Crippen molar-refractivity contribution in [1.82, 2.24) is 20.4 Å². The van der Waals surface area contributed by atoms with Gasteiger partial charge in [0.1, 0.15) is 0 Å². The molecule has 9 heteroatoms. The molecule has 2 N–H and O–H groups in total. The lowest BCUT2D eigenvalue weighted by molar-refractivity contribution is -0.214. The van der Waals surface area contributed by atoms with Crippen LogP contribution in [0.3, 0.4) is 0 Å². The SMILES string of the molecule is COC1NC(=O)CC(NCN(C)C)N1C1(C)CCCC(C(F)(F)F)C1. The Balaban J connectivity index is 2.26. The number of methoxy groups -OCH3 is 1. The fraction of sp³-hybridized carbons (Fsp3) is 0.938. The van der Waals surface area contributed by atoms with E-state index < -0.39 is 24.0 Å². The van der Waals surface area contributed by atoms with Crippen LogP contribution in [0.25, 0.3) is 0 Å². The molecule has 2 aliphatic rings. The topological polar surface area (TPSA) is 56.8 Å². The van der Waals surface area contributed by atoms with Crippen LogP contribution in [0, 0.1) is 5.92 Å². The third kappa shape index (κ3) is 4.84. The zero-order valence-corrected chi connectivity index (χ0v) is 15.3. The van der Waals surface area contributed by atoms with Gasteiger partial charge in [-0.15, -0.1) is 0 Å². The van der Waals surface area contributed by atoms with Crippen LogP contribution in [0.1, 0.15) is 39.0 Å². The molecule has 1 heterocycles. The Morgan fingerprint density at radius 3 is 2.68 bits per heavy atom. The molecule has 0 aromatic carbocycles. The molecule has 1 saturated heterocycles. The molecule has 0 aromatic rings. The molecule has 25 heavy (non-hydrogen) atoms. The zero-order valence-electron chi connectivity index (χ0n) is 15.3. The molecule has 1 aliphatic carbocycles. The number of rotatable bonds is 5. The van der Waals surface area contributed by atoms with Gasteiger partial charge in [-0.3, -0.25) is 15.0 Å². The lowest BCUT2D eigenvalue weighted by Gasteiger charge is -2.54. The van der Waals surface area contributed by atoms with Crippen molar-refractivity contribution in [2.75, 3.05) is 27.9 Å². The lowest BCUT2D eigenvalue weighted by atomic mass is 9.75. The lowest BCUT2D eigenvalue weighted by Crippen LogP contribution is -2.71. The van der Waals surface area contributed by atoms with Crippen LogP contribution in [0.5, 0.6) is 0 Å². The van der Waals surface area contributed by atoms with Crippen molar-refractivity contribution in [3.05, 3.63) is 0 Å². The molecule has 146 valence electrons. The van der Waals surface area contributed by atoms with Gasteiger partial charge in [-0.25, -0.2) is 4.90 Å². The second kappa shape index (κ2) is 7.77. The molecule has 2 fully saturated rings. The number of carbonyl (C=O) groups is 1. The van der Waals surface area contributed by atoms with E-state index in [9.17, 15) is 18.0 Å². The highest BCUT2D eigenvalue weighted by Crippen LogP contribution is 2.45. The molecule has 1 aliphatic heterocycles. The number of nitrogens with one attached hydrogen (secondary N) is 2. The van der Waals surface area contributed by atoms with Crippen molar-refractivity contribution >= 4 is 5.91 Å². The van der Waals surface area contributed by atoms with Gasteiger partial charge in [0.25, 0.3) is 0 Å². The molecule has 0 spiro atoms. The van der Waals surface area contributed by atoms with Crippen LogP contribution in [-0.2, 0) is 9.53 Å². The number of nitrogens with zero attached hydrogens (tertiary/aromatic N) is 2. The summed E-state index contributed by atoms with van der Waals surface area (Å²) in [7, 11) is 5.23. The number of hydrogen-bond acceptors (Lipinski definition) is 5. The Morgan fingerprint density at radius 2 is 2.12 bits per heavy atom. The summed E-state index contributed by atoms with van der Waals surface area (Å²) in [6.07, 6.45) is -3.83. The van der Waals surface area contributed by atoms with Gasteiger partial charge in [-0.05, 0) is 40.3 Å². The number of alkyl halides is 3. The number of ether oxygens (including phenoxy) is 1. The molecule has 0 bridgehead atoms. The Morgan fingerprint density at radius 1 is 1.44 bits per heavy atom. The van der Waals surface area contributed by atoms with E-state index in [1.165, 1.54) is 7.11 Å². The van der Waals surface area contributed by atoms with Crippen LogP contribution in [0.4, 0.5) is 13.2 Å². The zero-order chi connectivity index (χ0) is 18.8. The standard InChI is InChI=1S/C16H29F3N4O2/c1-15(7-5-6-11(9-15)16(17,18)19)23-12(20-10-22(2)3)8-13(24)21-14(23)25-4/h11-12,14,20H,5-10H2,1-4H3,(H,21,24). The first-order valence-electron chi connectivity index (χ1n) is 8.62. The van der Waals surface area contributed by atoms with Crippen LogP contribution in [-0.4, -0.2) is 67.8 Å². The summed E-state index contributed by atoms with van der Waals surface area (Å²) in [6, 6.07) is 0. The number of hydrogen-bond donors (Lipinski definition) is 2. The predicted molar refractivity (Wildman–Crippen MR) is 87.3 cm³/mol. The van der Waals surface area contributed by atoms with E-state index in [1.54, 1.807) is 0 Å². The van der Waals surface area contributed by atoms with Gasteiger partial charge < -0.3 is 10.1 Å². The molecule has 1 saturated carbocycles. The van der Waals surface area contributed by atoms with E-state index in [0.29, 0.717) is 19.5 Å². The molecule has 2 rings (SSSR count). The largest absolute Gasteiger partial charge is 0.391 e. The van der Waals surface area contributed by atoms with Crippen molar-refractivity contribution in [3.8, 4) is 0 Å². The smallest absolute Gasteiger partial charge is 0.348 e. The predicted octanol–water partition coefficient (Wildman–Crippen LogP) is 1.68. The molecule has 0 radical (unpaired) electrons. The van der Waals surface area contributed by atoms with E-state index in [4.69, 9.17) is 4.74 Å². The molecule has 4 unspecified atom stereocenters. The maximum absolute atomic E-state index is 13.3. The number of halogens is 3. The van der Waals surface area contributed by atoms with E-state index in [2.05, 4.69) is 10.6 Å². The van der Waals surface area contributed by atoms with Crippen molar-refractivity contribution < 1.29 is 22.7 Å². The normalized spacial score (nSPS) is 35.0. The van der Waals surface area contributed by atoms with Gasteiger partial charge in [0, 0.05) is 19.3 Å². The third-order valence-electron chi connectivity index (χ3n) is 5.16. The molecular formula is C16H29F3N4O2. The summed E-state index contributed by atoms with van der Waals surface area (Å²) in [4.78, 5) is 15.8. The molecule has 4 atom stereocenters. The minimum Gasteiger partial charge on any atom is -0.348 e. The Hall–Kier alpha value is -0.900. The average Bonchev–Trinajstić information content (AvgIpc) is 2.51. The van der Waals surface area contributed by atoms with Gasteiger partial charge in [0.05, 0.1) is 18.5 Å². The Labute approximate surface area is 147 Å². The summed E-state index contributed by atoms with van der Waals surface area (Å²) >= 11 is 0. The first-order chi connectivity index (χ1) is 11.6. The van der Waals surface area contributed by atoms with Gasteiger partial charge >= 0.3 is 6.18 Å². The monoisotopic (exact) mass is 366 g/mol. The van der Waals surface area contributed by atoms with E-state index >= 15 is 0 Å². The Bertz CT molecular complexity index is 475. The average molecular weight is 366 g/mol. The van der Waals surface area contributed by atoms with Crippen molar-refractivity contribution in [3.63, 3.8) is 0 Å². The van der Waals surface area contributed by atoms with E-state index in [1.807, 2.05) is 30.8 Å². The minimum atomic E-state index is -4.20. The van der Waals surface area contributed by atoms with Crippen LogP contribution < -0.4 is 10.6 Å². The van der Waals surface area contributed by atoms with Crippen molar-refractivity contribution in [2.45, 2.75) is 63.3 Å². The second-order valence-electron chi connectivity index (χ2n) is 7.56. The van der Waals surface area contributed by atoms with Gasteiger partial charge in [0.2, 0.25) is 5.91 Å². The Kier molecular flexibility index (Phi) is 6.35. The number of amides is 1. The molecular weight excluding hydrogens is 337 g/mol. The van der Waals surface area contributed by atoms with E-state index in [-0.39, 0.29) is 31.3 Å². The fourth-order valence-corrected chi connectivity index (χ4v) is 3.97. The quantitative estimate of drug-likeness (QED) is 0.725. The first-order valence-corrected chi connectivity index (χ1v) is 8.62. The highest BCUT2D eigenvalue weighted by Gasteiger charge is 2.52. The highest BCUT2D eigenvalue weighted by molar-refractivity contribution is 5.77. The highest BCUT2D eigenvalue weighted by atomic mass is 19.4. The minimum absolute atomic E-state index is 0.00632. The third-order valence-corrected chi connectivity index (χ3v) is 5.16. The van der Waals surface area contributed by atoms with Gasteiger partial charge in [-0.2, -0.15) is 13.2 Å². The van der Waals surface area contributed by atoms with Crippen molar-refractivity contribution in [2.24, 2.45) is 5.92 Å².